The number of aryl methyl sites for hydroxylation is 1. The van der Waals surface area contributed by atoms with Crippen molar-refractivity contribution in [2.45, 2.75) is 26.3 Å². The first-order valence-electron chi connectivity index (χ1n) is 6.83. The molecule has 0 bridgehead atoms. The Labute approximate surface area is 134 Å². The Morgan fingerprint density at radius 2 is 2.08 bits per heavy atom. The molecule has 24 heavy (non-hydrogen) atoms. The van der Waals surface area contributed by atoms with Gasteiger partial charge in [-0.25, -0.2) is 8.78 Å². The van der Waals surface area contributed by atoms with Gasteiger partial charge in [0.1, 0.15) is 17.5 Å². The normalized spacial score (nSPS) is 12.2. The maximum Gasteiger partial charge on any atom is 0.282 e. The number of alkyl halides is 2. The van der Waals surface area contributed by atoms with Crippen molar-refractivity contribution in [1.82, 2.24) is 9.78 Å². The van der Waals surface area contributed by atoms with Crippen LogP contribution in [0, 0.1) is 17.0 Å². The molecule has 1 amide bonds. The molecule has 1 aromatic carbocycles. The van der Waals surface area contributed by atoms with E-state index in [0.717, 1.165) is 16.8 Å². The number of hydrogen-bond donors (Lipinski definition) is 2. The van der Waals surface area contributed by atoms with Gasteiger partial charge in [0.25, 0.3) is 12.1 Å². The lowest BCUT2D eigenvalue weighted by atomic mass is 10.2. The van der Waals surface area contributed by atoms with Crippen LogP contribution < -0.4 is 5.32 Å². The van der Waals surface area contributed by atoms with E-state index in [4.69, 9.17) is 0 Å². The van der Waals surface area contributed by atoms with Crippen LogP contribution >= 0.6 is 0 Å². The Morgan fingerprint density at radius 1 is 1.42 bits per heavy atom. The summed E-state index contributed by atoms with van der Waals surface area (Å²) >= 11 is 0. The van der Waals surface area contributed by atoms with E-state index < -0.39 is 34.7 Å². The number of anilines is 1. The topological polar surface area (TPSA) is 110 Å². The average molecular weight is 340 g/mol. The van der Waals surface area contributed by atoms with E-state index in [1.165, 1.54) is 26.0 Å². The van der Waals surface area contributed by atoms with Crippen LogP contribution in [-0.4, -0.2) is 25.7 Å². The largest absolute Gasteiger partial charge is 0.506 e. The smallest absolute Gasteiger partial charge is 0.282 e. The predicted octanol–water partition coefficient (Wildman–Crippen LogP) is 2.94. The molecule has 0 radical (unpaired) electrons. The summed E-state index contributed by atoms with van der Waals surface area (Å²) in [4.78, 5) is 22.1. The number of aromatic hydroxyl groups is 1. The van der Waals surface area contributed by atoms with Crippen molar-refractivity contribution in [2.75, 3.05) is 5.32 Å². The van der Waals surface area contributed by atoms with Gasteiger partial charge in [0.15, 0.2) is 0 Å². The fourth-order valence-corrected chi connectivity index (χ4v) is 2.10. The minimum atomic E-state index is -2.75. The van der Waals surface area contributed by atoms with Crippen molar-refractivity contribution in [3.63, 3.8) is 0 Å². The molecule has 2 N–H and O–H groups in total. The third-order valence-electron chi connectivity index (χ3n) is 3.36. The number of phenols is 1. The Hall–Kier alpha value is -3.04. The molecule has 1 unspecified atom stereocenters. The zero-order valence-electron chi connectivity index (χ0n) is 12.7. The number of phenolic OH excluding ortho intramolecular Hbond substituents is 1. The molecular weight excluding hydrogens is 326 g/mol. The van der Waals surface area contributed by atoms with E-state index in [-0.39, 0.29) is 11.4 Å². The molecule has 0 aliphatic heterocycles. The second kappa shape index (κ2) is 6.60. The van der Waals surface area contributed by atoms with Crippen molar-refractivity contribution in [3.05, 3.63) is 45.8 Å². The molecule has 128 valence electrons. The summed E-state index contributed by atoms with van der Waals surface area (Å²) in [6, 6.07) is 3.45. The third kappa shape index (κ3) is 3.47. The van der Waals surface area contributed by atoms with E-state index in [1.54, 1.807) is 0 Å². The summed E-state index contributed by atoms with van der Waals surface area (Å²) in [6.07, 6.45) is -2.75. The lowest BCUT2D eigenvalue weighted by molar-refractivity contribution is -0.384. The van der Waals surface area contributed by atoms with Gasteiger partial charge in [0.05, 0.1) is 16.7 Å². The number of carbonyl (C=O) groups excluding carboxylic acids is 1. The van der Waals surface area contributed by atoms with Gasteiger partial charge in [0, 0.05) is 11.8 Å². The number of non-ortho nitro benzene ring substituents is 1. The number of benzene rings is 1. The fourth-order valence-electron chi connectivity index (χ4n) is 2.10. The van der Waals surface area contributed by atoms with Crippen molar-refractivity contribution in [3.8, 4) is 5.75 Å². The summed E-state index contributed by atoms with van der Waals surface area (Å²) in [5, 5.41) is 26.4. The lowest BCUT2D eigenvalue weighted by Gasteiger charge is -2.15. The van der Waals surface area contributed by atoms with Crippen molar-refractivity contribution in [1.29, 1.82) is 0 Å². The SMILES string of the molecule is Cc1cc(C(F)F)nn1C(C)C(=O)Nc1ccc([N+](=O)[O-])cc1O. The van der Waals surface area contributed by atoms with Crippen molar-refractivity contribution in [2.24, 2.45) is 0 Å². The number of rotatable bonds is 5. The first-order valence-corrected chi connectivity index (χ1v) is 6.83. The van der Waals surface area contributed by atoms with Gasteiger partial charge in [0.2, 0.25) is 5.91 Å². The second-order valence-corrected chi connectivity index (χ2v) is 5.08. The highest BCUT2D eigenvalue weighted by Gasteiger charge is 2.22. The number of aromatic nitrogens is 2. The molecule has 0 fully saturated rings. The average Bonchev–Trinajstić information content (AvgIpc) is 2.90. The van der Waals surface area contributed by atoms with E-state index >= 15 is 0 Å². The van der Waals surface area contributed by atoms with Crippen LogP contribution in [0.5, 0.6) is 5.75 Å². The van der Waals surface area contributed by atoms with E-state index in [0.29, 0.717) is 5.69 Å². The van der Waals surface area contributed by atoms with Gasteiger partial charge in [-0.2, -0.15) is 5.10 Å². The number of nitro benzene ring substituents is 1. The summed E-state index contributed by atoms with van der Waals surface area (Å²) in [6.45, 7) is 2.99. The van der Waals surface area contributed by atoms with Crippen molar-refractivity contribution < 1.29 is 23.6 Å². The summed E-state index contributed by atoms with van der Waals surface area (Å²) < 4.78 is 26.5. The summed E-state index contributed by atoms with van der Waals surface area (Å²) in [7, 11) is 0. The Balaban J connectivity index is 2.19. The van der Waals surface area contributed by atoms with Crippen LogP contribution in [0.15, 0.2) is 24.3 Å². The van der Waals surface area contributed by atoms with Gasteiger partial charge in [-0.3, -0.25) is 19.6 Å². The number of amides is 1. The molecule has 1 heterocycles. The molecule has 0 saturated heterocycles. The quantitative estimate of drug-likeness (QED) is 0.494. The van der Waals surface area contributed by atoms with Gasteiger partial charge in [-0.15, -0.1) is 0 Å². The van der Waals surface area contributed by atoms with Crippen LogP contribution in [-0.2, 0) is 4.79 Å². The minimum absolute atomic E-state index is 0.0312. The maximum atomic E-state index is 12.7. The fraction of sp³-hybridized carbons (Fsp3) is 0.286. The van der Waals surface area contributed by atoms with Crippen LogP contribution in [0.25, 0.3) is 0 Å². The zero-order chi connectivity index (χ0) is 18.0. The minimum Gasteiger partial charge on any atom is -0.506 e. The van der Waals surface area contributed by atoms with Crippen LogP contribution in [0.3, 0.4) is 0 Å². The summed E-state index contributed by atoms with van der Waals surface area (Å²) in [5.41, 5.74) is -0.425. The standard InChI is InChI=1S/C14H14F2N4O4/c1-7-5-11(13(15)16)18-19(7)8(2)14(22)17-10-4-3-9(20(23)24)6-12(10)21/h3-6,8,13,21H,1-2H3,(H,17,22). The van der Waals surface area contributed by atoms with Gasteiger partial charge in [-0.1, -0.05) is 0 Å². The van der Waals surface area contributed by atoms with Crippen LogP contribution in [0.2, 0.25) is 0 Å². The molecule has 0 saturated carbocycles. The molecule has 0 aliphatic carbocycles. The second-order valence-electron chi connectivity index (χ2n) is 5.08. The number of nitrogens with one attached hydrogen (secondary N) is 1. The van der Waals surface area contributed by atoms with Crippen LogP contribution in [0.1, 0.15) is 30.8 Å². The molecule has 1 atom stereocenters. The van der Waals surface area contributed by atoms with E-state index in [1.807, 2.05) is 0 Å². The van der Waals surface area contributed by atoms with Gasteiger partial charge >= 0.3 is 0 Å². The highest BCUT2D eigenvalue weighted by molar-refractivity contribution is 5.94. The lowest BCUT2D eigenvalue weighted by Crippen LogP contribution is -2.25. The Morgan fingerprint density at radius 3 is 2.58 bits per heavy atom. The van der Waals surface area contributed by atoms with Crippen LogP contribution in [0.4, 0.5) is 20.2 Å². The van der Waals surface area contributed by atoms with Crippen molar-refractivity contribution >= 4 is 17.3 Å². The van der Waals surface area contributed by atoms with Gasteiger partial charge in [-0.05, 0) is 26.0 Å². The molecule has 0 spiro atoms. The highest BCUT2D eigenvalue weighted by atomic mass is 19.3. The number of hydrogen-bond acceptors (Lipinski definition) is 5. The van der Waals surface area contributed by atoms with E-state index in [2.05, 4.69) is 10.4 Å². The van der Waals surface area contributed by atoms with Gasteiger partial charge < -0.3 is 10.4 Å². The highest BCUT2D eigenvalue weighted by Crippen LogP contribution is 2.29. The Bertz CT molecular complexity index is 791. The summed E-state index contributed by atoms with van der Waals surface area (Å²) in [5.74, 6) is -1.10. The zero-order valence-corrected chi connectivity index (χ0v) is 12.7. The molecule has 0 aliphatic rings. The number of nitro groups is 1. The number of halogens is 2. The molecular formula is C14H14F2N4O4. The molecule has 8 nitrogen and oxygen atoms in total. The third-order valence-corrected chi connectivity index (χ3v) is 3.36. The Kier molecular flexibility index (Phi) is 4.77. The molecule has 10 heteroatoms. The monoisotopic (exact) mass is 340 g/mol. The molecule has 2 rings (SSSR count). The first kappa shape index (κ1) is 17.3. The molecule has 1 aromatic heterocycles. The number of nitrogens with zero attached hydrogens (tertiary/aromatic N) is 3. The first-order chi connectivity index (χ1) is 11.2. The maximum absolute atomic E-state index is 12.7. The predicted molar refractivity (Wildman–Crippen MR) is 80.0 cm³/mol. The number of carbonyl (C=O) groups is 1. The molecule has 2 aromatic rings. The van der Waals surface area contributed by atoms with E-state index in [9.17, 15) is 28.8 Å².